The molecule has 3 N–H and O–H groups in total. The van der Waals surface area contributed by atoms with Gasteiger partial charge in [0.1, 0.15) is 11.3 Å². The third kappa shape index (κ3) is 4.53. The summed E-state index contributed by atoms with van der Waals surface area (Å²) in [5.41, 5.74) is 6.23. The molecule has 3 aromatic rings. The average molecular weight is 500 g/mol. The molecule has 0 saturated carbocycles. The lowest BCUT2D eigenvalue weighted by atomic mass is 9.95. The third-order valence-corrected chi connectivity index (χ3v) is 6.79. The minimum atomic E-state index is -0.675. The van der Waals surface area contributed by atoms with Crippen molar-refractivity contribution in [2.45, 2.75) is 12.8 Å². The predicted octanol–water partition coefficient (Wildman–Crippen LogP) is 1.23. The van der Waals surface area contributed by atoms with Crippen molar-refractivity contribution in [1.82, 2.24) is 29.4 Å². The number of nitrogens with one attached hydrogen (secondary N) is 1. The number of piperidine rings is 1. The van der Waals surface area contributed by atoms with Crippen molar-refractivity contribution in [1.29, 1.82) is 0 Å². The van der Waals surface area contributed by atoms with Gasteiger partial charge in [0.2, 0.25) is 5.91 Å². The summed E-state index contributed by atoms with van der Waals surface area (Å²) >= 11 is 0. The minimum Gasteiger partial charge on any atom is -0.381 e. The number of nitrogens with zero attached hydrogens (tertiary/aromatic N) is 7. The zero-order valence-corrected chi connectivity index (χ0v) is 19.8. The lowest BCUT2D eigenvalue weighted by Crippen LogP contribution is -2.51. The van der Waals surface area contributed by atoms with E-state index in [4.69, 9.17) is 5.73 Å². The first-order valence-electron chi connectivity index (χ1n) is 11.8. The SMILES string of the molecule is CN1CCC(C(=O)N2CCN(c3c(F)cncc3NC(=O)c3c(N)nn4cc(F)cnc34)CC2)CC1. The first kappa shape index (κ1) is 23.9. The second kappa shape index (κ2) is 9.64. The van der Waals surface area contributed by atoms with Gasteiger partial charge in [-0.15, -0.1) is 5.10 Å². The molecule has 13 heteroatoms. The van der Waals surface area contributed by atoms with Crippen LogP contribution in [0.2, 0.25) is 0 Å². The number of anilines is 3. The van der Waals surface area contributed by atoms with E-state index in [0.29, 0.717) is 26.2 Å². The number of hydrogen-bond donors (Lipinski definition) is 2. The lowest BCUT2D eigenvalue weighted by molar-refractivity contribution is -0.137. The molecule has 0 aromatic carbocycles. The van der Waals surface area contributed by atoms with Gasteiger partial charge in [-0.1, -0.05) is 0 Å². The van der Waals surface area contributed by atoms with E-state index >= 15 is 0 Å². The van der Waals surface area contributed by atoms with Crippen molar-refractivity contribution >= 4 is 34.7 Å². The minimum absolute atomic E-state index is 0.0265. The van der Waals surface area contributed by atoms with Gasteiger partial charge in [0, 0.05) is 32.1 Å². The van der Waals surface area contributed by atoms with E-state index in [9.17, 15) is 18.4 Å². The van der Waals surface area contributed by atoms with Crippen LogP contribution < -0.4 is 16.0 Å². The number of nitrogen functional groups attached to an aromatic ring is 1. The van der Waals surface area contributed by atoms with Crippen molar-refractivity contribution < 1.29 is 18.4 Å². The molecule has 36 heavy (non-hydrogen) atoms. The van der Waals surface area contributed by atoms with Crippen molar-refractivity contribution in [2.75, 3.05) is 62.3 Å². The second-order valence-corrected chi connectivity index (χ2v) is 9.16. The van der Waals surface area contributed by atoms with Gasteiger partial charge in [-0.05, 0) is 33.0 Å². The quantitative estimate of drug-likeness (QED) is 0.549. The number of amides is 2. The van der Waals surface area contributed by atoms with E-state index in [-0.39, 0.29) is 40.2 Å². The molecule has 2 aliphatic rings. The highest BCUT2D eigenvalue weighted by molar-refractivity contribution is 6.12. The molecule has 2 fully saturated rings. The van der Waals surface area contributed by atoms with Gasteiger partial charge in [-0.2, -0.15) is 0 Å². The van der Waals surface area contributed by atoms with Crippen LogP contribution in [-0.2, 0) is 4.79 Å². The van der Waals surface area contributed by atoms with E-state index in [2.05, 4.69) is 32.3 Å². The Morgan fingerprint density at radius 3 is 2.50 bits per heavy atom. The fourth-order valence-electron chi connectivity index (χ4n) is 4.84. The van der Waals surface area contributed by atoms with Crippen molar-refractivity contribution in [2.24, 2.45) is 5.92 Å². The lowest BCUT2D eigenvalue weighted by Gasteiger charge is -2.39. The zero-order chi connectivity index (χ0) is 25.4. The standard InChI is InChI=1S/C23H27F2N9O2/c1-31-4-2-14(3-5-31)23(36)33-8-6-32(7-9-33)19-16(25)11-27-12-17(19)29-22(35)18-20(26)30-34-13-15(24)10-28-21(18)34/h10-14H,2-9H2,1H3,(H2,26,30)(H,29,35). The van der Waals surface area contributed by atoms with Crippen LogP contribution in [0.4, 0.5) is 26.0 Å². The van der Waals surface area contributed by atoms with Gasteiger partial charge in [0.15, 0.2) is 23.1 Å². The largest absolute Gasteiger partial charge is 0.381 e. The molecule has 2 saturated heterocycles. The Labute approximate surface area is 205 Å². The number of hydrogen-bond acceptors (Lipinski definition) is 8. The van der Waals surface area contributed by atoms with Crippen LogP contribution in [0.1, 0.15) is 23.2 Å². The molecule has 0 atom stereocenters. The number of likely N-dealkylation sites (tertiary alicyclic amines) is 1. The normalized spacial score (nSPS) is 17.5. The summed E-state index contributed by atoms with van der Waals surface area (Å²) in [6.07, 6.45) is 6.12. The number of carbonyl (C=O) groups is 2. The number of pyridine rings is 1. The first-order chi connectivity index (χ1) is 17.3. The van der Waals surface area contributed by atoms with Crippen LogP contribution >= 0.6 is 0 Å². The fourth-order valence-corrected chi connectivity index (χ4v) is 4.84. The highest BCUT2D eigenvalue weighted by Gasteiger charge is 2.31. The van der Waals surface area contributed by atoms with Crippen LogP contribution in [0.5, 0.6) is 0 Å². The van der Waals surface area contributed by atoms with Crippen LogP contribution in [0, 0.1) is 17.6 Å². The molecule has 0 bridgehead atoms. The Balaban J connectivity index is 1.31. The van der Waals surface area contributed by atoms with E-state index < -0.39 is 17.5 Å². The van der Waals surface area contributed by atoms with Gasteiger partial charge in [-0.25, -0.2) is 18.3 Å². The van der Waals surface area contributed by atoms with E-state index in [0.717, 1.165) is 49.0 Å². The summed E-state index contributed by atoms with van der Waals surface area (Å²) < 4.78 is 29.5. The van der Waals surface area contributed by atoms with E-state index in [1.807, 2.05) is 4.90 Å². The average Bonchev–Trinajstić information content (AvgIpc) is 3.19. The second-order valence-electron chi connectivity index (χ2n) is 9.16. The Bertz CT molecular complexity index is 1300. The van der Waals surface area contributed by atoms with E-state index in [1.165, 1.54) is 6.20 Å². The molecule has 190 valence electrons. The smallest absolute Gasteiger partial charge is 0.263 e. The first-order valence-corrected chi connectivity index (χ1v) is 11.8. The Morgan fingerprint density at radius 2 is 1.78 bits per heavy atom. The van der Waals surface area contributed by atoms with Gasteiger partial charge in [-0.3, -0.25) is 14.6 Å². The molecule has 0 unspecified atom stereocenters. The molecule has 0 spiro atoms. The van der Waals surface area contributed by atoms with Gasteiger partial charge in [0.05, 0.1) is 30.5 Å². The van der Waals surface area contributed by atoms with Gasteiger partial charge in [0.25, 0.3) is 5.91 Å². The molecule has 3 aromatic heterocycles. The molecule has 11 nitrogen and oxygen atoms in total. The Morgan fingerprint density at radius 1 is 1.06 bits per heavy atom. The number of carbonyl (C=O) groups excluding carboxylic acids is 2. The fraction of sp³-hybridized carbons (Fsp3) is 0.435. The summed E-state index contributed by atoms with van der Waals surface area (Å²) in [5, 5.41) is 6.58. The molecule has 2 amide bonds. The maximum atomic E-state index is 15.0. The number of aromatic nitrogens is 4. The van der Waals surface area contributed by atoms with Crippen molar-refractivity contribution in [3.8, 4) is 0 Å². The predicted molar refractivity (Wildman–Crippen MR) is 129 cm³/mol. The number of halogens is 2. The maximum Gasteiger partial charge on any atom is 0.263 e. The monoisotopic (exact) mass is 499 g/mol. The summed E-state index contributed by atoms with van der Waals surface area (Å²) in [6.45, 7) is 3.53. The van der Waals surface area contributed by atoms with Crippen LogP contribution in [0.3, 0.4) is 0 Å². The summed E-state index contributed by atoms with van der Waals surface area (Å²) in [6, 6.07) is 0. The summed E-state index contributed by atoms with van der Waals surface area (Å²) in [4.78, 5) is 39.7. The number of rotatable bonds is 4. The number of nitrogens with two attached hydrogens (primary N) is 1. The molecule has 2 aliphatic heterocycles. The summed E-state index contributed by atoms with van der Waals surface area (Å²) in [5.74, 6) is -1.88. The topological polar surface area (TPSA) is 125 Å². The summed E-state index contributed by atoms with van der Waals surface area (Å²) in [7, 11) is 2.05. The third-order valence-electron chi connectivity index (χ3n) is 6.79. The van der Waals surface area contributed by atoms with Gasteiger partial charge >= 0.3 is 0 Å². The Hall–Kier alpha value is -3.87. The molecule has 0 radical (unpaired) electrons. The highest BCUT2D eigenvalue weighted by atomic mass is 19.1. The Kier molecular flexibility index (Phi) is 6.39. The zero-order valence-electron chi connectivity index (χ0n) is 19.8. The van der Waals surface area contributed by atoms with E-state index in [1.54, 1.807) is 4.90 Å². The van der Waals surface area contributed by atoms with Crippen molar-refractivity contribution in [3.05, 3.63) is 42.0 Å². The van der Waals surface area contributed by atoms with Crippen LogP contribution in [0.25, 0.3) is 5.65 Å². The molecule has 0 aliphatic carbocycles. The molecular weight excluding hydrogens is 472 g/mol. The number of fused-ring (bicyclic) bond motifs is 1. The van der Waals surface area contributed by atoms with Crippen LogP contribution in [-0.4, -0.2) is 87.5 Å². The highest BCUT2D eigenvalue weighted by Crippen LogP contribution is 2.31. The molecule has 5 rings (SSSR count). The maximum absolute atomic E-state index is 15.0. The number of piperazine rings is 1. The molecular formula is C23H27F2N9O2. The van der Waals surface area contributed by atoms with Crippen molar-refractivity contribution in [3.63, 3.8) is 0 Å². The van der Waals surface area contributed by atoms with Gasteiger partial charge < -0.3 is 25.8 Å². The van der Waals surface area contributed by atoms with Crippen LogP contribution in [0.15, 0.2) is 24.8 Å². The molecule has 5 heterocycles.